The van der Waals surface area contributed by atoms with Crippen LogP contribution in [0.4, 0.5) is 0 Å². The summed E-state index contributed by atoms with van der Waals surface area (Å²) < 4.78 is 6.79. The van der Waals surface area contributed by atoms with E-state index in [-0.39, 0.29) is 6.10 Å². The number of ether oxygens (including phenoxy) is 1. The normalized spacial score (nSPS) is 15.2. The molecule has 0 aliphatic carbocycles. The molecule has 0 saturated carbocycles. The van der Waals surface area contributed by atoms with Crippen LogP contribution in [0.1, 0.15) is 31.4 Å². The molecule has 1 aromatic rings. The fraction of sp³-hybridized carbons (Fsp3) is 0.625. The molecule has 112 valence electrons. The van der Waals surface area contributed by atoms with Gasteiger partial charge in [-0.25, -0.2) is 0 Å². The quantitative estimate of drug-likeness (QED) is 0.827. The van der Waals surface area contributed by atoms with Gasteiger partial charge in [-0.05, 0) is 42.8 Å². The predicted octanol–water partition coefficient (Wildman–Crippen LogP) is 3.02. The average Bonchev–Trinajstić information content (AvgIpc) is 2.88. The van der Waals surface area contributed by atoms with Crippen LogP contribution in [0.3, 0.4) is 0 Å². The molecule has 0 radical (unpaired) electrons. The van der Waals surface area contributed by atoms with E-state index in [1.54, 1.807) is 0 Å². The Hall–Kier alpha value is -0.580. The third-order valence-corrected chi connectivity index (χ3v) is 4.41. The molecular weight excluding hydrogens is 318 g/mol. The van der Waals surface area contributed by atoms with Gasteiger partial charge in [0.05, 0.1) is 12.7 Å². The van der Waals surface area contributed by atoms with E-state index in [0.717, 1.165) is 54.9 Å². The summed E-state index contributed by atoms with van der Waals surface area (Å²) in [6.45, 7) is 8.10. The summed E-state index contributed by atoms with van der Waals surface area (Å²) in [6, 6.07) is 4.19. The summed E-state index contributed by atoms with van der Waals surface area (Å²) in [6.07, 6.45) is 2.14. The van der Waals surface area contributed by atoms with E-state index in [1.165, 1.54) is 5.56 Å². The Kier molecular flexibility index (Phi) is 5.87. The maximum absolute atomic E-state index is 10.3. The van der Waals surface area contributed by atoms with E-state index in [9.17, 15) is 5.11 Å². The maximum atomic E-state index is 10.3. The molecule has 1 atom stereocenters. The van der Waals surface area contributed by atoms with Crippen LogP contribution in [0.5, 0.6) is 5.75 Å². The van der Waals surface area contributed by atoms with Crippen molar-refractivity contribution in [1.82, 2.24) is 4.90 Å². The lowest BCUT2D eigenvalue weighted by Gasteiger charge is -2.20. The van der Waals surface area contributed by atoms with Crippen molar-refractivity contribution in [1.29, 1.82) is 0 Å². The van der Waals surface area contributed by atoms with Gasteiger partial charge in [0, 0.05) is 23.9 Å². The fourth-order valence-corrected chi connectivity index (χ4v) is 3.28. The molecule has 0 bridgehead atoms. The molecule has 1 N–H and O–H groups in total. The Balaban J connectivity index is 1.96. The highest BCUT2D eigenvalue weighted by Crippen LogP contribution is 2.33. The predicted molar refractivity (Wildman–Crippen MR) is 85.5 cm³/mol. The number of aliphatic hydroxyl groups is 1. The highest BCUT2D eigenvalue weighted by molar-refractivity contribution is 9.10. The Morgan fingerprint density at radius 3 is 2.80 bits per heavy atom. The monoisotopic (exact) mass is 341 g/mol. The Morgan fingerprint density at radius 1 is 1.35 bits per heavy atom. The Bertz CT molecular complexity index is 446. The third kappa shape index (κ3) is 3.96. The van der Waals surface area contributed by atoms with Crippen LogP contribution >= 0.6 is 15.9 Å². The number of aliphatic hydroxyl groups excluding tert-OH is 1. The van der Waals surface area contributed by atoms with Gasteiger partial charge >= 0.3 is 0 Å². The number of hydrogen-bond acceptors (Lipinski definition) is 3. The summed E-state index contributed by atoms with van der Waals surface area (Å²) in [5.74, 6) is 0.995. The first kappa shape index (κ1) is 15.8. The van der Waals surface area contributed by atoms with Crippen LogP contribution in [-0.2, 0) is 12.8 Å². The van der Waals surface area contributed by atoms with Crippen molar-refractivity contribution in [2.75, 3.05) is 26.2 Å². The third-order valence-electron chi connectivity index (χ3n) is 3.95. The average molecular weight is 342 g/mol. The van der Waals surface area contributed by atoms with E-state index in [2.05, 4.69) is 46.8 Å². The molecular formula is C16H24BrNO2. The lowest BCUT2D eigenvalue weighted by molar-refractivity contribution is 0.143. The molecule has 1 aliphatic heterocycles. The van der Waals surface area contributed by atoms with Crippen LogP contribution < -0.4 is 4.74 Å². The van der Waals surface area contributed by atoms with Crippen LogP contribution in [0.15, 0.2) is 16.6 Å². The molecule has 0 amide bonds. The zero-order chi connectivity index (χ0) is 14.5. The van der Waals surface area contributed by atoms with Crippen molar-refractivity contribution in [3.63, 3.8) is 0 Å². The number of benzene rings is 1. The second-order valence-electron chi connectivity index (χ2n) is 5.33. The van der Waals surface area contributed by atoms with Gasteiger partial charge in [0.25, 0.3) is 0 Å². The van der Waals surface area contributed by atoms with Gasteiger partial charge in [0.15, 0.2) is 0 Å². The minimum absolute atomic E-state index is 0.307. The van der Waals surface area contributed by atoms with Gasteiger partial charge < -0.3 is 14.7 Å². The van der Waals surface area contributed by atoms with E-state index in [4.69, 9.17) is 4.74 Å². The summed E-state index contributed by atoms with van der Waals surface area (Å²) in [7, 11) is 0. The highest BCUT2D eigenvalue weighted by Gasteiger charge is 2.19. The molecule has 0 saturated heterocycles. The van der Waals surface area contributed by atoms with Crippen LogP contribution in [0.25, 0.3) is 0 Å². The van der Waals surface area contributed by atoms with Crippen molar-refractivity contribution in [2.24, 2.45) is 0 Å². The molecule has 0 aromatic heterocycles. The molecule has 0 fully saturated rings. The van der Waals surface area contributed by atoms with Crippen LogP contribution in [0.2, 0.25) is 0 Å². The molecule has 2 rings (SSSR count). The van der Waals surface area contributed by atoms with Crippen molar-refractivity contribution >= 4 is 15.9 Å². The van der Waals surface area contributed by atoms with E-state index in [0.29, 0.717) is 6.42 Å². The molecule has 1 unspecified atom stereocenters. The molecule has 0 spiro atoms. The number of nitrogens with zero attached hydrogens (tertiary/aromatic N) is 1. The van der Waals surface area contributed by atoms with Crippen molar-refractivity contribution in [2.45, 2.75) is 39.2 Å². The molecule has 4 heteroatoms. The molecule has 20 heavy (non-hydrogen) atoms. The first-order valence-electron chi connectivity index (χ1n) is 7.48. The number of hydrogen-bond donors (Lipinski definition) is 1. The van der Waals surface area contributed by atoms with Gasteiger partial charge in [-0.1, -0.05) is 29.8 Å². The largest absolute Gasteiger partial charge is 0.493 e. The van der Waals surface area contributed by atoms with E-state index >= 15 is 0 Å². The maximum Gasteiger partial charge on any atom is 0.125 e. The minimum Gasteiger partial charge on any atom is -0.493 e. The zero-order valence-corrected chi connectivity index (χ0v) is 13.9. The van der Waals surface area contributed by atoms with Gasteiger partial charge in [-0.2, -0.15) is 0 Å². The summed E-state index contributed by atoms with van der Waals surface area (Å²) in [5, 5.41) is 10.3. The topological polar surface area (TPSA) is 32.7 Å². The molecule has 3 nitrogen and oxygen atoms in total. The zero-order valence-electron chi connectivity index (χ0n) is 12.4. The highest BCUT2D eigenvalue weighted by atomic mass is 79.9. The molecule has 1 heterocycles. The standard InChI is InChI=1S/C16H24BrNO2/c1-3-18(4-2)7-5-15(19)11-13-10-14(17)9-12-6-8-20-16(12)13/h9-10,15,19H,3-8,11H2,1-2H3. The Labute approximate surface area is 130 Å². The number of rotatable bonds is 7. The fourth-order valence-electron chi connectivity index (χ4n) is 2.72. The smallest absolute Gasteiger partial charge is 0.125 e. The molecule has 1 aromatic carbocycles. The van der Waals surface area contributed by atoms with Gasteiger partial charge in [-0.15, -0.1) is 0 Å². The summed E-state index contributed by atoms with van der Waals surface area (Å²) in [5.41, 5.74) is 2.38. The van der Waals surface area contributed by atoms with Gasteiger partial charge in [0.1, 0.15) is 5.75 Å². The van der Waals surface area contributed by atoms with Gasteiger partial charge in [0.2, 0.25) is 0 Å². The van der Waals surface area contributed by atoms with Crippen LogP contribution in [-0.4, -0.2) is 42.4 Å². The van der Waals surface area contributed by atoms with Crippen molar-refractivity contribution < 1.29 is 9.84 Å². The lowest BCUT2D eigenvalue weighted by atomic mass is 10.0. The van der Waals surface area contributed by atoms with Crippen LogP contribution in [0, 0.1) is 0 Å². The van der Waals surface area contributed by atoms with Crippen molar-refractivity contribution in [3.8, 4) is 5.75 Å². The minimum atomic E-state index is -0.307. The number of halogens is 1. The van der Waals surface area contributed by atoms with Crippen molar-refractivity contribution in [3.05, 3.63) is 27.7 Å². The lowest BCUT2D eigenvalue weighted by Crippen LogP contribution is -2.27. The van der Waals surface area contributed by atoms with E-state index in [1.807, 2.05) is 0 Å². The first-order chi connectivity index (χ1) is 9.63. The number of fused-ring (bicyclic) bond motifs is 1. The van der Waals surface area contributed by atoms with E-state index < -0.39 is 0 Å². The Morgan fingerprint density at radius 2 is 2.10 bits per heavy atom. The second-order valence-corrected chi connectivity index (χ2v) is 6.24. The second kappa shape index (κ2) is 7.43. The molecule has 1 aliphatic rings. The SMILES string of the molecule is CCN(CC)CCC(O)Cc1cc(Br)cc2c1OCC2. The summed E-state index contributed by atoms with van der Waals surface area (Å²) in [4.78, 5) is 2.34. The summed E-state index contributed by atoms with van der Waals surface area (Å²) >= 11 is 3.54. The van der Waals surface area contributed by atoms with Gasteiger partial charge in [-0.3, -0.25) is 0 Å². The first-order valence-corrected chi connectivity index (χ1v) is 8.27.